The van der Waals surface area contributed by atoms with Crippen LogP contribution in [0.25, 0.3) is 0 Å². The number of nitrogens with zero attached hydrogens (tertiary/aromatic N) is 2. The van der Waals surface area contributed by atoms with E-state index in [2.05, 4.69) is 25.9 Å². The van der Waals surface area contributed by atoms with Gasteiger partial charge in [-0.1, -0.05) is 12.2 Å². The fourth-order valence-electron chi connectivity index (χ4n) is 1.36. The van der Waals surface area contributed by atoms with E-state index >= 15 is 0 Å². The number of hydrogen-bond donors (Lipinski definition) is 1. The zero-order chi connectivity index (χ0) is 13.8. The summed E-state index contributed by atoms with van der Waals surface area (Å²) in [6.07, 6.45) is 3.01. The van der Waals surface area contributed by atoms with Crippen LogP contribution in [-0.4, -0.2) is 22.1 Å². The number of hydrogen-bond acceptors (Lipinski definition) is 5. The second-order valence-corrected chi connectivity index (χ2v) is 4.77. The summed E-state index contributed by atoms with van der Waals surface area (Å²) in [5.74, 6) is 1.55. The Morgan fingerprint density at radius 2 is 2.05 bits per heavy atom. The van der Waals surface area contributed by atoms with E-state index in [1.165, 1.54) is 12.4 Å². The molecule has 0 radical (unpaired) electrons. The summed E-state index contributed by atoms with van der Waals surface area (Å²) in [4.78, 5) is 8.25. The zero-order valence-electron chi connectivity index (χ0n) is 9.96. The summed E-state index contributed by atoms with van der Waals surface area (Å²) in [5.41, 5.74) is 5.92. The van der Waals surface area contributed by atoms with E-state index in [1.807, 2.05) is 0 Å². The van der Waals surface area contributed by atoms with Crippen molar-refractivity contribution in [2.45, 2.75) is 0 Å². The third-order valence-corrected chi connectivity index (χ3v) is 3.06. The zero-order valence-corrected chi connectivity index (χ0v) is 12.4. The van der Waals surface area contributed by atoms with Gasteiger partial charge in [0.05, 0.1) is 11.6 Å². The lowest BCUT2D eigenvalue weighted by atomic mass is 10.3. The van der Waals surface area contributed by atoms with Gasteiger partial charge >= 0.3 is 0 Å². The van der Waals surface area contributed by atoms with Gasteiger partial charge in [0.15, 0.2) is 5.69 Å². The lowest BCUT2D eigenvalue weighted by molar-refractivity contribution is 0.411. The molecule has 0 spiro atoms. The van der Waals surface area contributed by atoms with Crippen LogP contribution >= 0.6 is 28.1 Å². The average Bonchev–Trinajstić information content (AvgIpc) is 2.41. The minimum absolute atomic E-state index is 0.132. The number of halogens is 1. The van der Waals surface area contributed by atoms with Crippen LogP contribution in [0.15, 0.2) is 35.1 Å². The molecule has 0 amide bonds. The molecule has 1 heterocycles. The van der Waals surface area contributed by atoms with Gasteiger partial charge in [-0.3, -0.25) is 0 Å². The summed E-state index contributed by atoms with van der Waals surface area (Å²) in [5, 5.41) is 0. The quantitative estimate of drug-likeness (QED) is 0.863. The van der Waals surface area contributed by atoms with Crippen LogP contribution in [0, 0.1) is 0 Å². The van der Waals surface area contributed by atoms with Crippen molar-refractivity contribution in [2.24, 2.45) is 5.73 Å². The van der Waals surface area contributed by atoms with Gasteiger partial charge in [-0.2, -0.15) is 0 Å². The van der Waals surface area contributed by atoms with Crippen molar-refractivity contribution in [3.05, 3.63) is 40.8 Å². The topological polar surface area (TPSA) is 70.3 Å². The highest BCUT2D eigenvalue weighted by molar-refractivity contribution is 9.10. The van der Waals surface area contributed by atoms with Crippen molar-refractivity contribution < 1.29 is 9.47 Å². The lowest BCUT2D eigenvalue weighted by Crippen LogP contribution is -2.13. The van der Waals surface area contributed by atoms with Gasteiger partial charge < -0.3 is 15.2 Å². The standard InChI is InChI=1S/C12H10BrN3O2S/c1-17-7-2-3-9(8(13)6-7)18-12-10(11(14)19)15-4-5-16-12/h2-6H,1H3,(H2,14,19). The lowest BCUT2D eigenvalue weighted by Gasteiger charge is -2.10. The Morgan fingerprint density at radius 3 is 2.68 bits per heavy atom. The van der Waals surface area contributed by atoms with Gasteiger partial charge in [-0.15, -0.1) is 0 Å². The van der Waals surface area contributed by atoms with E-state index in [4.69, 9.17) is 27.4 Å². The monoisotopic (exact) mass is 339 g/mol. The molecule has 7 heteroatoms. The fourth-order valence-corrected chi connectivity index (χ4v) is 1.94. The van der Waals surface area contributed by atoms with E-state index < -0.39 is 0 Å². The molecule has 0 aliphatic heterocycles. The van der Waals surface area contributed by atoms with E-state index in [-0.39, 0.29) is 10.9 Å². The summed E-state index contributed by atoms with van der Waals surface area (Å²) >= 11 is 8.29. The van der Waals surface area contributed by atoms with Gasteiger partial charge in [0.25, 0.3) is 0 Å². The molecule has 2 aromatic rings. The van der Waals surface area contributed by atoms with Crippen molar-refractivity contribution in [3.63, 3.8) is 0 Å². The number of ether oxygens (including phenoxy) is 2. The second kappa shape index (κ2) is 5.94. The van der Waals surface area contributed by atoms with Crippen LogP contribution in [0.3, 0.4) is 0 Å². The number of aromatic nitrogens is 2. The fraction of sp³-hybridized carbons (Fsp3) is 0.0833. The van der Waals surface area contributed by atoms with E-state index in [0.29, 0.717) is 17.2 Å². The molecule has 98 valence electrons. The number of rotatable bonds is 4. The molecule has 0 aliphatic rings. The predicted octanol–water partition coefficient (Wildman–Crippen LogP) is 2.67. The van der Waals surface area contributed by atoms with Crippen LogP contribution in [0.1, 0.15) is 5.69 Å². The third-order valence-electron chi connectivity index (χ3n) is 2.24. The van der Waals surface area contributed by atoms with E-state index in [9.17, 15) is 0 Å². The maximum Gasteiger partial charge on any atom is 0.248 e. The van der Waals surface area contributed by atoms with Crippen LogP contribution < -0.4 is 15.2 Å². The number of nitrogens with two attached hydrogens (primary N) is 1. The average molecular weight is 340 g/mol. The summed E-state index contributed by atoms with van der Waals surface area (Å²) in [6.45, 7) is 0. The molecular formula is C12H10BrN3O2S. The predicted molar refractivity (Wildman–Crippen MR) is 78.7 cm³/mol. The maximum absolute atomic E-state index is 5.66. The first-order valence-corrected chi connectivity index (χ1v) is 6.44. The molecule has 0 atom stereocenters. The summed E-state index contributed by atoms with van der Waals surface area (Å²) in [7, 11) is 1.59. The largest absolute Gasteiger partial charge is 0.497 e. The number of thiocarbonyl (C=S) groups is 1. The van der Waals surface area contributed by atoms with Gasteiger partial charge in [-0.25, -0.2) is 9.97 Å². The molecule has 5 nitrogen and oxygen atoms in total. The Labute approximate surface area is 123 Å². The molecule has 0 saturated carbocycles. The highest BCUT2D eigenvalue weighted by Crippen LogP contribution is 2.32. The SMILES string of the molecule is COc1ccc(Oc2nccnc2C(N)=S)c(Br)c1. The molecule has 0 bridgehead atoms. The van der Waals surface area contributed by atoms with Gasteiger partial charge in [0.2, 0.25) is 5.88 Å². The van der Waals surface area contributed by atoms with Crippen molar-refractivity contribution in [1.82, 2.24) is 9.97 Å². The van der Waals surface area contributed by atoms with Gasteiger partial charge in [0, 0.05) is 12.4 Å². The van der Waals surface area contributed by atoms with E-state index in [0.717, 1.165) is 4.47 Å². The molecule has 0 aliphatic carbocycles. The Balaban J connectivity index is 2.34. The molecule has 0 saturated heterocycles. The van der Waals surface area contributed by atoms with Crippen LogP contribution in [0.4, 0.5) is 0 Å². The molecule has 0 fully saturated rings. The Morgan fingerprint density at radius 1 is 1.32 bits per heavy atom. The van der Waals surface area contributed by atoms with Crippen LogP contribution in [0.5, 0.6) is 17.4 Å². The first-order valence-electron chi connectivity index (χ1n) is 5.24. The Hall–Kier alpha value is -1.73. The molecule has 2 N–H and O–H groups in total. The second-order valence-electron chi connectivity index (χ2n) is 3.47. The Bertz CT molecular complexity index is 622. The number of benzene rings is 1. The normalized spacial score (nSPS) is 10.0. The molecule has 0 unspecified atom stereocenters. The minimum Gasteiger partial charge on any atom is -0.497 e. The molecule has 1 aromatic heterocycles. The molecular weight excluding hydrogens is 330 g/mol. The maximum atomic E-state index is 5.66. The van der Waals surface area contributed by atoms with E-state index in [1.54, 1.807) is 25.3 Å². The van der Waals surface area contributed by atoms with Crippen molar-refractivity contribution in [2.75, 3.05) is 7.11 Å². The van der Waals surface area contributed by atoms with Gasteiger partial charge in [0.1, 0.15) is 16.5 Å². The summed E-state index contributed by atoms with van der Waals surface area (Å²) < 4.78 is 11.5. The third kappa shape index (κ3) is 3.18. The molecule has 2 rings (SSSR count). The highest BCUT2D eigenvalue weighted by Gasteiger charge is 2.12. The molecule has 19 heavy (non-hydrogen) atoms. The van der Waals surface area contributed by atoms with Crippen molar-refractivity contribution in [1.29, 1.82) is 0 Å². The first kappa shape index (κ1) is 13.7. The van der Waals surface area contributed by atoms with Gasteiger partial charge in [-0.05, 0) is 34.1 Å². The smallest absolute Gasteiger partial charge is 0.248 e. The number of methoxy groups -OCH3 is 1. The van der Waals surface area contributed by atoms with Crippen LogP contribution in [0.2, 0.25) is 0 Å². The minimum atomic E-state index is 0.132. The van der Waals surface area contributed by atoms with Crippen molar-refractivity contribution >= 4 is 33.1 Å². The first-order chi connectivity index (χ1) is 9.11. The highest BCUT2D eigenvalue weighted by atomic mass is 79.9. The van der Waals surface area contributed by atoms with Crippen LogP contribution in [-0.2, 0) is 0 Å². The van der Waals surface area contributed by atoms with Crippen molar-refractivity contribution in [3.8, 4) is 17.4 Å². The Kier molecular flexibility index (Phi) is 4.28. The molecule has 1 aromatic carbocycles. The summed E-state index contributed by atoms with van der Waals surface area (Å²) in [6, 6.07) is 5.31.